The number of aliphatic imine (C=N–C) groups is 3. The van der Waals surface area contributed by atoms with Crippen LogP contribution >= 0.6 is 0 Å². The van der Waals surface area contributed by atoms with Gasteiger partial charge in [-0.15, -0.1) is 0 Å². The van der Waals surface area contributed by atoms with Gasteiger partial charge in [0.2, 0.25) is 0 Å². The number of ether oxygens (including phenoxy) is 2. The third-order valence-electron chi connectivity index (χ3n) is 5.23. The van der Waals surface area contributed by atoms with Gasteiger partial charge >= 0.3 is 0 Å². The Hall–Kier alpha value is -1.85. The number of amidine groups is 1. The predicted molar refractivity (Wildman–Crippen MR) is 88.0 cm³/mol. The molecule has 25 heavy (non-hydrogen) atoms. The zero-order valence-corrected chi connectivity index (χ0v) is 13.7. The first-order valence-corrected chi connectivity index (χ1v) is 8.09. The minimum absolute atomic E-state index is 0.145. The highest BCUT2D eigenvalue weighted by atomic mass is 16.6. The van der Waals surface area contributed by atoms with Crippen molar-refractivity contribution in [1.82, 2.24) is 4.90 Å². The predicted octanol–water partition coefficient (Wildman–Crippen LogP) is -2.07. The molecule has 0 amide bonds. The van der Waals surface area contributed by atoms with Crippen LogP contribution in [-0.4, -0.2) is 87.2 Å². The number of nitrogens with zero attached hydrogens (tertiary/aromatic N) is 4. The Bertz CT molecular complexity index is 684. The van der Waals surface area contributed by atoms with E-state index in [0.717, 1.165) is 0 Å². The van der Waals surface area contributed by atoms with Gasteiger partial charge in [-0.3, -0.25) is 10.7 Å². The third kappa shape index (κ3) is 2.19. The second kappa shape index (κ2) is 5.58. The van der Waals surface area contributed by atoms with E-state index >= 15 is 0 Å². The van der Waals surface area contributed by atoms with E-state index in [0.29, 0.717) is 18.0 Å². The van der Waals surface area contributed by atoms with Gasteiger partial charge in [-0.1, -0.05) is 0 Å². The first-order chi connectivity index (χ1) is 11.9. The van der Waals surface area contributed by atoms with Crippen molar-refractivity contribution in [2.45, 2.75) is 49.1 Å². The summed E-state index contributed by atoms with van der Waals surface area (Å²) in [6, 6.07) is 0. The van der Waals surface area contributed by atoms with E-state index in [4.69, 9.17) is 15.2 Å². The van der Waals surface area contributed by atoms with Gasteiger partial charge in [0.05, 0.1) is 12.9 Å². The van der Waals surface area contributed by atoms with Crippen LogP contribution in [0.5, 0.6) is 0 Å². The van der Waals surface area contributed by atoms with Gasteiger partial charge in [0, 0.05) is 6.42 Å². The van der Waals surface area contributed by atoms with Crippen LogP contribution in [0.4, 0.5) is 0 Å². The molecule has 0 aromatic carbocycles. The fourth-order valence-electron chi connectivity index (χ4n) is 3.57. The summed E-state index contributed by atoms with van der Waals surface area (Å²) in [5.41, 5.74) is 4.97. The van der Waals surface area contributed by atoms with Crippen molar-refractivity contribution in [2.75, 3.05) is 13.3 Å². The summed E-state index contributed by atoms with van der Waals surface area (Å²) in [5.74, 6) is 0.420. The molecule has 10 nitrogen and oxygen atoms in total. The molecule has 4 rings (SSSR count). The summed E-state index contributed by atoms with van der Waals surface area (Å²) in [6.07, 6.45) is 1.22. The zero-order chi connectivity index (χ0) is 17.8. The van der Waals surface area contributed by atoms with Crippen molar-refractivity contribution < 1.29 is 24.8 Å². The van der Waals surface area contributed by atoms with Gasteiger partial charge in [-0.25, -0.2) is 9.98 Å². The molecule has 0 saturated carbocycles. The van der Waals surface area contributed by atoms with E-state index in [1.54, 1.807) is 11.2 Å². The van der Waals surface area contributed by atoms with Gasteiger partial charge in [0.15, 0.2) is 23.3 Å². The second-order valence-corrected chi connectivity index (χ2v) is 6.74. The van der Waals surface area contributed by atoms with E-state index in [9.17, 15) is 15.3 Å². The normalized spacial score (nSPS) is 45.4. The molecule has 4 heterocycles. The smallest absolute Gasteiger partial charge is 0.195 e. The molecule has 0 aromatic heterocycles. The fourth-order valence-corrected chi connectivity index (χ4v) is 3.57. The molecule has 4 aliphatic rings. The lowest BCUT2D eigenvalue weighted by molar-refractivity contribution is -0.0688. The summed E-state index contributed by atoms with van der Waals surface area (Å²) < 4.78 is 11.3. The number of aliphatic hydroxyl groups is 3. The summed E-state index contributed by atoms with van der Waals surface area (Å²) >= 11 is 0. The van der Waals surface area contributed by atoms with E-state index in [2.05, 4.69) is 15.0 Å². The van der Waals surface area contributed by atoms with Crippen molar-refractivity contribution >= 4 is 17.9 Å². The molecule has 5 N–H and O–H groups in total. The zero-order valence-electron chi connectivity index (χ0n) is 13.7. The average molecular weight is 351 g/mol. The maximum Gasteiger partial charge on any atom is 0.195 e. The maximum atomic E-state index is 10.3. The van der Waals surface area contributed by atoms with E-state index in [1.165, 1.54) is 6.34 Å². The molecule has 6 atom stereocenters. The first-order valence-electron chi connectivity index (χ1n) is 8.09. The van der Waals surface area contributed by atoms with Crippen LogP contribution in [0.15, 0.2) is 27.3 Å². The standard InChI is InChI=1S/C15H21N5O5/c1-14(3-2-4-24-14)15(16)11-12(17-6-19-15)20(7-18-11)13-10(23)9(22)8(5-21)25-13/h2,4,6,8-10,13,21-23H,3,5,7,16H2,1H3/t8-,9-,10-,13-,14?,15?/m1/s1. The molecule has 10 heteroatoms. The highest BCUT2D eigenvalue weighted by Crippen LogP contribution is 2.38. The summed E-state index contributed by atoms with van der Waals surface area (Å²) in [5, 5.41) is 29.5. The topological polar surface area (TPSA) is 145 Å². The summed E-state index contributed by atoms with van der Waals surface area (Å²) in [4.78, 5) is 14.7. The fraction of sp³-hybridized carbons (Fsp3) is 0.667. The summed E-state index contributed by atoms with van der Waals surface area (Å²) in [7, 11) is 0. The molecule has 0 bridgehead atoms. The Morgan fingerprint density at radius 2 is 2.20 bits per heavy atom. The summed E-state index contributed by atoms with van der Waals surface area (Å²) in [6.45, 7) is 1.60. The van der Waals surface area contributed by atoms with Gasteiger partial charge in [-0.05, 0) is 13.0 Å². The van der Waals surface area contributed by atoms with Crippen LogP contribution < -0.4 is 5.73 Å². The number of nitrogens with two attached hydrogens (primary N) is 1. The molecule has 136 valence electrons. The van der Waals surface area contributed by atoms with Gasteiger partial charge in [0.25, 0.3) is 0 Å². The Kier molecular flexibility index (Phi) is 3.71. The highest BCUT2D eigenvalue weighted by molar-refractivity contribution is 6.47. The Labute approximate surface area is 144 Å². The molecule has 1 saturated heterocycles. The third-order valence-corrected chi connectivity index (χ3v) is 5.23. The average Bonchev–Trinajstić information content (AvgIpc) is 3.29. The molecule has 0 spiro atoms. The Balaban J connectivity index is 1.62. The van der Waals surface area contributed by atoms with Gasteiger partial charge in [-0.2, -0.15) is 0 Å². The van der Waals surface area contributed by atoms with Crippen LogP contribution in [0.1, 0.15) is 13.3 Å². The van der Waals surface area contributed by atoms with E-state index in [1.807, 2.05) is 13.0 Å². The molecule has 0 aliphatic carbocycles. The van der Waals surface area contributed by atoms with Crippen molar-refractivity contribution in [2.24, 2.45) is 20.7 Å². The largest absolute Gasteiger partial charge is 0.491 e. The number of fused-ring (bicyclic) bond motifs is 1. The van der Waals surface area contributed by atoms with Crippen LogP contribution in [0.25, 0.3) is 0 Å². The van der Waals surface area contributed by atoms with E-state index in [-0.39, 0.29) is 6.67 Å². The quantitative estimate of drug-likeness (QED) is 0.457. The van der Waals surface area contributed by atoms with Crippen LogP contribution in [0.3, 0.4) is 0 Å². The monoisotopic (exact) mass is 351 g/mol. The molecule has 0 aromatic rings. The number of aliphatic hydroxyl groups excluding tert-OH is 3. The van der Waals surface area contributed by atoms with Crippen molar-refractivity contribution in [3.63, 3.8) is 0 Å². The number of hydrogen-bond acceptors (Lipinski definition) is 10. The van der Waals surface area contributed by atoms with Crippen molar-refractivity contribution in [3.8, 4) is 0 Å². The van der Waals surface area contributed by atoms with E-state index < -0.39 is 42.4 Å². The maximum absolute atomic E-state index is 10.3. The van der Waals surface area contributed by atoms with Crippen LogP contribution in [0, 0.1) is 0 Å². The molecular formula is C15H21N5O5. The highest BCUT2D eigenvalue weighted by Gasteiger charge is 2.58. The molecule has 4 aliphatic heterocycles. The van der Waals surface area contributed by atoms with Crippen molar-refractivity contribution in [1.29, 1.82) is 0 Å². The number of rotatable bonds is 3. The van der Waals surface area contributed by atoms with Gasteiger partial charge in [0.1, 0.15) is 37.0 Å². The lowest BCUT2D eigenvalue weighted by Gasteiger charge is -2.41. The minimum Gasteiger partial charge on any atom is -0.491 e. The SMILES string of the molecule is CC1(C2(N)N=CN=C3C2=NCN3[C@@H]2O[C@H](CO)[C@@H](O)[C@H]2O)CC=CO1. The van der Waals surface area contributed by atoms with Gasteiger partial charge < -0.3 is 29.7 Å². The van der Waals surface area contributed by atoms with Crippen LogP contribution in [0.2, 0.25) is 0 Å². The minimum atomic E-state index is -1.24. The lowest BCUT2D eigenvalue weighted by Crippen LogP contribution is -2.66. The molecule has 2 unspecified atom stereocenters. The number of hydrogen-bond donors (Lipinski definition) is 4. The molecule has 0 radical (unpaired) electrons. The van der Waals surface area contributed by atoms with Crippen LogP contribution in [-0.2, 0) is 9.47 Å². The Morgan fingerprint density at radius 3 is 2.84 bits per heavy atom. The lowest BCUT2D eigenvalue weighted by atomic mass is 9.83. The first kappa shape index (κ1) is 16.6. The van der Waals surface area contributed by atoms with Crippen molar-refractivity contribution in [3.05, 3.63) is 12.3 Å². The Morgan fingerprint density at radius 1 is 1.40 bits per heavy atom. The molecular weight excluding hydrogens is 330 g/mol. The second-order valence-electron chi connectivity index (χ2n) is 6.74. The molecule has 1 fully saturated rings.